The third-order valence-corrected chi connectivity index (χ3v) is 5.24. The topological polar surface area (TPSA) is 74.8 Å². The average Bonchev–Trinajstić information content (AvgIpc) is 3.21. The largest absolute Gasteiger partial charge is 0.616 e. The van der Waals surface area contributed by atoms with Gasteiger partial charge in [-0.25, -0.2) is 4.98 Å². The van der Waals surface area contributed by atoms with Crippen molar-refractivity contribution in [3.8, 4) is 34.4 Å². The van der Waals surface area contributed by atoms with Crippen LogP contribution in [0.2, 0.25) is 0 Å². The first-order chi connectivity index (χ1) is 14.3. The van der Waals surface area contributed by atoms with Gasteiger partial charge in [-0.3, -0.25) is 4.98 Å². The second-order valence-corrected chi connectivity index (χ2v) is 7.09. The Balaban J connectivity index is 1.74. The minimum absolute atomic E-state index is 0.143. The third-order valence-electron chi connectivity index (χ3n) is 4.37. The maximum Gasteiger partial charge on any atom is 0.386 e. The summed E-state index contributed by atoms with van der Waals surface area (Å²) in [6.45, 7) is 0. The molecule has 0 radical (unpaired) electrons. The second kappa shape index (κ2) is 7.29. The number of hydrogen-bond acceptors (Lipinski definition) is 6. The van der Waals surface area contributed by atoms with Gasteiger partial charge in [0.15, 0.2) is 12.0 Å². The normalized spacial score (nSPS) is 10.9. The number of hydrogen-bond donors (Lipinski definition) is 0. The smallest absolute Gasteiger partial charge is 0.386 e. The Labute approximate surface area is 170 Å². The monoisotopic (exact) mass is 398 g/mol. The molecule has 0 saturated carbocycles. The number of nitrogens with zero attached hydrogens (tertiary/aromatic N) is 4. The van der Waals surface area contributed by atoms with Gasteiger partial charge in [-0.2, -0.15) is 4.98 Å². The van der Waals surface area contributed by atoms with Crippen molar-refractivity contribution in [1.82, 2.24) is 15.0 Å². The number of pyridine rings is 2. The molecule has 4 aromatic heterocycles. The van der Waals surface area contributed by atoms with Crippen LogP contribution < -0.4 is 9.47 Å². The van der Waals surface area contributed by atoms with Crippen LogP contribution in [0, 0.1) is 5.21 Å². The summed E-state index contributed by atoms with van der Waals surface area (Å²) >= 11 is 1.50. The first kappa shape index (κ1) is 17.3. The lowest BCUT2D eigenvalue weighted by Gasteiger charge is -2.09. The predicted octanol–water partition coefficient (Wildman–Crippen LogP) is 4.85. The van der Waals surface area contributed by atoms with Crippen LogP contribution in [0.15, 0.2) is 84.5 Å². The zero-order valence-corrected chi connectivity index (χ0v) is 15.9. The van der Waals surface area contributed by atoms with Crippen LogP contribution in [0.4, 0.5) is 0 Å². The molecule has 1 aromatic carbocycles. The van der Waals surface area contributed by atoms with Crippen molar-refractivity contribution in [2.75, 3.05) is 0 Å². The Hall–Kier alpha value is -3.84. The van der Waals surface area contributed by atoms with Crippen molar-refractivity contribution >= 4 is 21.6 Å². The Morgan fingerprint density at radius 1 is 0.897 bits per heavy atom. The summed E-state index contributed by atoms with van der Waals surface area (Å²) in [5.41, 5.74) is 2.62. The number of aromatic nitrogens is 4. The molecule has 140 valence electrons. The molecule has 0 saturated heterocycles. The summed E-state index contributed by atoms with van der Waals surface area (Å²) in [4.78, 5) is 14.4. The second-order valence-electron chi connectivity index (χ2n) is 6.23. The van der Waals surface area contributed by atoms with E-state index in [4.69, 9.17) is 9.72 Å². The quantitative estimate of drug-likeness (QED) is 0.320. The molecule has 0 amide bonds. The van der Waals surface area contributed by atoms with Crippen LogP contribution in [0.25, 0.3) is 32.9 Å². The molecular formula is C22H14N4O2S. The maximum absolute atomic E-state index is 12.1. The first-order valence-electron chi connectivity index (χ1n) is 8.92. The van der Waals surface area contributed by atoms with Crippen molar-refractivity contribution in [2.24, 2.45) is 0 Å². The van der Waals surface area contributed by atoms with E-state index >= 15 is 0 Å². The maximum atomic E-state index is 12.1. The van der Waals surface area contributed by atoms with Crippen molar-refractivity contribution < 1.29 is 9.47 Å². The fourth-order valence-electron chi connectivity index (χ4n) is 3.01. The molecule has 0 aliphatic carbocycles. The van der Waals surface area contributed by atoms with E-state index in [1.165, 1.54) is 17.5 Å². The SMILES string of the molecule is [O-][n+]1ccccc1Oc1nc(-c2ccccn2)nc2scc(-c3ccccc3)c12. The number of rotatable bonds is 4. The highest BCUT2D eigenvalue weighted by atomic mass is 32.1. The van der Waals surface area contributed by atoms with Crippen molar-refractivity contribution in [3.63, 3.8) is 0 Å². The van der Waals surface area contributed by atoms with E-state index in [2.05, 4.69) is 9.97 Å². The Morgan fingerprint density at radius 3 is 2.52 bits per heavy atom. The molecule has 0 spiro atoms. The van der Waals surface area contributed by atoms with Crippen molar-refractivity contribution in [2.45, 2.75) is 0 Å². The fraction of sp³-hybridized carbons (Fsp3) is 0. The molecule has 0 fully saturated rings. The van der Waals surface area contributed by atoms with Crippen LogP contribution in [0.1, 0.15) is 0 Å². The standard InChI is InChI=1S/C22H14N4O2S/c27-26-13-7-5-11-18(26)28-21-19-16(15-8-2-1-3-9-15)14-29-22(19)25-20(24-21)17-10-4-6-12-23-17/h1-14H. The summed E-state index contributed by atoms with van der Waals surface area (Å²) in [7, 11) is 0. The molecule has 4 heterocycles. The number of thiophene rings is 1. The van der Waals surface area contributed by atoms with Crippen LogP contribution in [0.3, 0.4) is 0 Å². The van der Waals surface area contributed by atoms with E-state index in [0.29, 0.717) is 22.1 Å². The Bertz CT molecular complexity index is 1290. The number of benzene rings is 1. The zero-order valence-electron chi connectivity index (χ0n) is 15.1. The van der Waals surface area contributed by atoms with E-state index in [0.717, 1.165) is 21.3 Å². The lowest BCUT2D eigenvalue weighted by atomic mass is 10.1. The van der Waals surface area contributed by atoms with Gasteiger partial charge < -0.3 is 9.94 Å². The summed E-state index contributed by atoms with van der Waals surface area (Å²) in [5, 5.41) is 14.9. The highest BCUT2D eigenvalue weighted by Crippen LogP contribution is 2.40. The van der Waals surface area contributed by atoms with E-state index < -0.39 is 0 Å². The van der Waals surface area contributed by atoms with Gasteiger partial charge in [0, 0.05) is 23.2 Å². The van der Waals surface area contributed by atoms with Gasteiger partial charge in [0.05, 0.1) is 11.5 Å². The van der Waals surface area contributed by atoms with Gasteiger partial charge in [-0.05, 0) is 23.8 Å². The van der Waals surface area contributed by atoms with E-state index in [1.54, 1.807) is 24.4 Å². The minimum Gasteiger partial charge on any atom is -0.616 e. The number of fused-ring (bicyclic) bond motifs is 1. The van der Waals surface area contributed by atoms with Crippen LogP contribution >= 0.6 is 11.3 Å². The predicted molar refractivity (Wildman–Crippen MR) is 112 cm³/mol. The molecule has 0 aliphatic heterocycles. The van der Waals surface area contributed by atoms with Crippen LogP contribution in [0.5, 0.6) is 11.8 Å². The Morgan fingerprint density at radius 2 is 1.72 bits per heavy atom. The van der Waals surface area contributed by atoms with Gasteiger partial charge in [-0.1, -0.05) is 36.4 Å². The molecule has 29 heavy (non-hydrogen) atoms. The molecule has 0 atom stereocenters. The molecule has 5 rings (SSSR count). The fourth-order valence-corrected chi connectivity index (χ4v) is 3.95. The molecule has 5 aromatic rings. The van der Waals surface area contributed by atoms with Crippen LogP contribution in [-0.2, 0) is 0 Å². The molecule has 0 bridgehead atoms. The summed E-state index contributed by atoms with van der Waals surface area (Å²) in [6.07, 6.45) is 3.08. The molecule has 0 N–H and O–H groups in total. The highest BCUT2D eigenvalue weighted by molar-refractivity contribution is 7.17. The lowest BCUT2D eigenvalue weighted by molar-refractivity contribution is -0.611. The van der Waals surface area contributed by atoms with E-state index in [9.17, 15) is 5.21 Å². The molecule has 0 unspecified atom stereocenters. The average molecular weight is 398 g/mol. The molecule has 7 heteroatoms. The first-order valence-corrected chi connectivity index (χ1v) is 9.80. The van der Waals surface area contributed by atoms with Crippen molar-refractivity contribution in [3.05, 3.63) is 89.7 Å². The van der Waals surface area contributed by atoms with Gasteiger partial charge in [-0.15, -0.1) is 16.1 Å². The number of ether oxygens (including phenoxy) is 1. The van der Waals surface area contributed by atoms with E-state index in [1.807, 2.05) is 53.9 Å². The highest BCUT2D eigenvalue weighted by Gasteiger charge is 2.20. The van der Waals surface area contributed by atoms with Gasteiger partial charge >= 0.3 is 5.88 Å². The summed E-state index contributed by atoms with van der Waals surface area (Å²) < 4.78 is 6.65. The Kier molecular flexibility index (Phi) is 4.34. The molecule has 6 nitrogen and oxygen atoms in total. The molecular weight excluding hydrogens is 384 g/mol. The lowest BCUT2D eigenvalue weighted by Crippen LogP contribution is -2.27. The summed E-state index contributed by atoms with van der Waals surface area (Å²) in [6, 6.07) is 20.5. The van der Waals surface area contributed by atoms with Gasteiger partial charge in [0.2, 0.25) is 5.88 Å². The van der Waals surface area contributed by atoms with Crippen LogP contribution in [-0.4, -0.2) is 15.0 Å². The minimum atomic E-state index is 0.143. The third kappa shape index (κ3) is 3.28. The van der Waals surface area contributed by atoms with Gasteiger partial charge in [0.25, 0.3) is 0 Å². The summed E-state index contributed by atoms with van der Waals surface area (Å²) in [5.74, 6) is 0.916. The zero-order chi connectivity index (χ0) is 19.6. The van der Waals surface area contributed by atoms with Crippen molar-refractivity contribution in [1.29, 1.82) is 0 Å². The van der Waals surface area contributed by atoms with Gasteiger partial charge in [0.1, 0.15) is 10.5 Å². The molecule has 0 aliphatic rings. The van der Waals surface area contributed by atoms with E-state index in [-0.39, 0.29) is 5.88 Å².